The molecule has 5 aliphatic rings. The Bertz CT molecular complexity index is 1440. The van der Waals surface area contributed by atoms with Crippen molar-refractivity contribution in [2.24, 2.45) is 45.8 Å². The van der Waals surface area contributed by atoms with Gasteiger partial charge in [-0.2, -0.15) is 0 Å². The highest BCUT2D eigenvalue weighted by Gasteiger charge is 2.69. The lowest BCUT2D eigenvalue weighted by molar-refractivity contribution is -0.148. The van der Waals surface area contributed by atoms with Gasteiger partial charge in [0.1, 0.15) is 5.78 Å². The van der Waals surface area contributed by atoms with Crippen molar-refractivity contribution >= 4 is 38.9 Å². The highest BCUT2D eigenvalue weighted by molar-refractivity contribution is 7.92. The third-order valence-corrected chi connectivity index (χ3v) is 15.9. The van der Waals surface area contributed by atoms with Crippen LogP contribution in [0.1, 0.15) is 144 Å². The van der Waals surface area contributed by atoms with Crippen molar-refractivity contribution in [2.75, 3.05) is 12.3 Å². The summed E-state index contributed by atoms with van der Waals surface area (Å²) in [6.45, 7) is 14.2. The minimum atomic E-state index is -3.32. The van der Waals surface area contributed by atoms with E-state index in [1.165, 1.54) is 0 Å². The molecule has 0 N–H and O–H groups in total. The number of amides is 1. The van der Waals surface area contributed by atoms with Crippen LogP contribution in [0.15, 0.2) is 12.7 Å². The van der Waals surface area contributed by atoms with Crippen molar-refractivity contribution in [1.29, 1.82) is 0 Å². The van der Waals surface area contributed by atoms with Crippen molar-refractivity contribution in [2.45, 2.75) is 155 Å². The van der Waals surface area contributed by atoms with Crippen LogP contribution in [-0.2, 0) is 33.8 Å². The molecule has 1 amide bonds. The lowest BCUT2D eigenvalue weighted by atomic mass is 9.70. The molecular formula is C41H63NO7S. The molecule has 5 fully saturated rings. The van der Waals surface area contributed by atoms with E-state index in [2.05, 4.69) is 20.4 Å². The lowest BCUT2D eigenvalue weighted by Crippen LogP contribution is -2.51. The maximum Gasteiger partial charge on any atom is 0.227 e. The van der Waals surface area contributed by atoms with E-state index in [0.29, 0.717) is 38.1 Å². The summed E-state index contributed by atoms with van der Waals surface area (Å²) in [6.07, 6.45) is 12.4. The van der Waals surface area contributed by atoms with E-state index in [1.54, 1.807) is 11.0 Å². The molecule has 5 atom stereocenters. The molecule has 8 nitrogen and oxygen atoms in total. The van der Waals surface area contributed by atoms with Crippen molar-refractivity contribution in [3.05, 3.63) is 12.7 Å². The number of Topliss-reactive ketones (excluding diaryl/α,β-unsaturated/α-hetero) is 4. The molecule has 1 heterocycles. The summed E-state index contributed by atoms with van der Waals surface area (Å²) in [4.78, 5) is 70.8. The Hall–Kier alpha value is -2.16. The largest absolute Gasteiger partial charge is 0.332 e. The van der Waals surface area contributed by atoms with Gasteiger partial charge in [-0.25, -0.2) is 8.42 Å². The molecule has 0 aromatic carbocycles. The second kappa shape index (κ2) is 15.1. The lowest BCUT2D eigenvalue weighted by Gasteiger charge is -2.39. The predicted molar refractivity (Wildman–Crippen MR) is 195 cm³/mol. The fraction of sp³-hybridized carbons (Fsp3) is 0.829. The van der Waals surface area contributed by atoms with Crippen LogP contribution in [0, 0.1) is 45.8 Å². The quantitative estimate of drug-likeness (QED) is 0.108. The molecule has 1 aliphatic heterocycles. The number of hydrogen-bond acceptors (Lipinski definition) is 7. The molecule has 280 valence electrons. The molecule has 1 saturated heterocycles. The molecule has 0 bridgehead atoms. The summed E-state index contributed by atoms with van der Waals surface area (Å²) in [7, 11) is -3.32. The fourth-order valence-corrected chi connectivity index (χ4v) is 12.5. The van der Waals surface area contributed by atoms with E-state index >= 15 is 0 Å². The average Bonchev–Trinajstić information content (AvgIpc) is 3.72. The predicted octanol–water partition coefficient (Wildman–Crippen LogP) is 7.27. The maximum absolute atomic E-state index is 14.6. The number of nitrogens with zero attached hydrogens (tertiary/aromatic N) is 1. The first-order valence-corrected chi connectivity index (χ1v) is 21.4. The van der Waals surface area contributed by atoms with E-state index in [1.807, 2.05) is 20.8 Å². The van der Waals surface area contributed by atoms with Crippen LogP contribution in [0.4, 0.5) is 0 Å². The summed E-state index contributed by atoms with van der Waals surface area (Å²) in [5.41, 5.74) is -1.26. The molecule has 0 aromatic rings. The third kappa shape index (κ3) is 8.71. The van der Waals surface area contributed by atoms with Gasteiger partial charge in [0.05, 0.1) is 17.0 Å². The van der Waals surface area contributed by atoms with Crippen molar-refractivity contribution in [3.63, 3.8) is 0 Å². The summed E-state index contributed by atoms with van der Waals surface area (Å²) in [6, 6.07) is -0.679. The smallest absolute Gasteiger partial charge is 0.227 e. The maximum atomic E-state index is 14.6. The number of sulfone groups is 1. The molecule has 4 aliphatic carbocycles. The molecule has 2 unspecified atom stereocenters. The number of ketones is 4. The summed E-state index contributed by atoms with van der Waals surface area (Å²) in [5.74, 6) is -2.12. The molecule has 50 heavy (non-hydrogen) atoms. The van der Waals surface area contributed by atoms with E-state index in [4.69, 9.17) is 0 Å². The zero-order valence-electron chi connectivity index (χ0n) is 31.5. The normalized spacial score (nSPS) is 27.3. The number of piperidine rings is 1. The van der Waals surface area contributed by atoms with E-state index in [0.717, 1.165) is 57.8 Å². The van der Waals surface area contributed by atoms with Crippen LogP contribution in [0.25, 0.3) is 0 Å². The van der Waals surface area contributed by atoms with Crippen LogP contribution in [0.5, 0.6) is 0 Å². The zero-order valence-corrected chi connectivity index (χ0v) is 32.3. The van der Waals surface area contributed by atoms with Gasteiger partial charge in [0, 0.05) is 44.1 Å². The van der Waals surface area contributed by atoms with Gasteiger partial charge >= 0.3 is 0 Å². The van der Waals surface area contributed by atoms with Crippen LogP contribution >= 0.6 is 0 Å². The van der Waals surface area contributed by atoms with Crippen LogP contribution in [0.2, 0.25) is 0 Å². The molecular weight excluding hydrogens is 651 g/mol. The number of allylic oxidation sites excluding steroid dienone is 1. The van der Waals surface area contributed by atoms with Gasteiger partial charge in [-0.05, 0) is 72.5 Å². The fourth-order valence-electron chi connectivity index (χ4n) is 10.0. The van der Waals surface area contributed by atoms with Crippen LogP contribution < -0.4 is 0 Å². The van der Waals surface area contributed by atoms with Crippen molar-refractivity contribution in [3.8, 4) is 0 Å². The minimum Gasteiger partial charge on any atom is -0.332 e. The van der Waals surface area contributed by atoms with Gasteiger partial charge in [0.25, 0.3) is 0 Å². The van der Waals surface area contributed by atoms with Crippen LogP contribution in [-0.4, -0.2) is 65.9 Å². The topological polar surface area (TPSA) is 123 Å². The van der Waals surface area contributed by atoms with Gasteiger partial charge in [-0.3, -0.25) is 24.0 Å². The number of likely N-dealkylation sites (tertiary alicyclic amines) is 1. The Morgan fingerprint density at radius 3 is 2.14 bits per heavy atom. The first-order valence-electron chi connectivity index (χ1n) is 19.6. The number of hydrogen-bond donors (Lipinski definition) is 0. The van der Waals surface area contributed by atoms with Crippen LogP contribution in [0.3, 0.4) is 0 Å². The van der Waals surface area contributed by atoms with E-state index < -0.39 is 50.1 Å². The van der Waals surface area contributed by atoms with E-state index in [9.17, 15) is 32.4 Å². The summed E-state index contributed by atoms with van der Waals surface area (Å²) < 4.78 is 27.1. The first kappa shape index (κ1) is 39.1. The van der Waals surface area contributed by atoms with E-state index in [-0.39, 0.29) is 71.4 Å². The summed E-state index contributed by atoms with van der Waals surface area (Å²) in [5, 5.41) is -0.301. The minimum absolute atomic E-state index is 0.0181. The highest BCUT2D eigenvalue weighted by Crippen LogP contribution is 2.65. The highest BCUT2D eigenvalue weighted by atomic mass is 32.2. The summed E-state index contributed by atoms with van der Waals surface area (Å²) >= 11 is 0. The molecule has 0 aromatic heterocycles. The van der Waals surface area contributed by atoms with Gasteiger partial charge < -0.3 is 4.90 Å². The number of rotatable bonds is 18. The Morgan fingerprint density at radius 2 is 1.56 bits per heavy atom. The molecule has 0 spiro atoms. The van der Waals surface area contributed by atoms with Crippen molar-refractivity contribution in [1.82, 2.24) is 4.90 Å². The van der Waals surface area contributed by atoms with Gasteiger partial charge in [-0.1, -0.05) is 85.6 Å². The number of fused-ring (bicyclic) bond motifs is 1. The zero-order chi connectivity index (χ0) is 36.6. The second-order valence-corrected chi connectivity index (χ2v) is 20.9. The monoisotopic (exact) mass is 713 g/mol. The number of carbonyl (C=O) groups is 5. The Balaban J connectivity index is 1.33. The Labute approximate surface area is 301 Å². The van der Waals surface area contributed by atoms with Crippen molar-refractivity contribution < 1.29 is 32.4 Å². The molecule has 5 rings (SSSR count). The Kier molecular flexibility index (Phi) is 11.8. The number of carbonyl (C=O) groups excluding carboxylic acids is 5. The van der Waals surface area contributed by atoms with Gasteiger partial charge in [0.2, 0.25) is 11.7 Å². The standard InChI is InChI=1S/C41H63NO7S/c1-7-8-16-33(44)37(46)28(21-27-17-18-27)22-34(45)36-35-32(40(35,5)6)25-42(36)38(47)31(39(2,3)4)23-29(43)24-41(19-12-9-13-20-41)26-50(48,49)30-14-10-11-15-30/h7,27-28,30-32,35-36H,1,8-26H2,2-6H3/t28?,31-,32?,35+,36-/m1/s1. The van der Waals surface area contributed by atoms with Gasteiger partial charge in [0.15, 0.2) is 21.4 Å². The van der Waals surface area contributed by atoms with Gasteiger partial charge in [-0.15, -0.1) is 6.58 Å². The first-order chi connectivity index (χ1) is 23.4. The Morgan fingerprint density at radius 1 is 0.920 bits per heavy atom. The molecule has 9 heteroatoms. The molecule has 4 saturated carbocycles. The average molecular weight is 714 g/mol. The SMILES string of the molecule is C=CCCC(=O)C(=O)C(CC(=O)[C@@H]1[C@@H]2C(CN1C(=O)[C@@H](CC(=O)CC1(CS(=O)(=O)C3CCCC3)CCCCC1)C(C)(C)C)C2(C)C)CC1CC1. The molecule has 0 radical (unpaired) electrons. The second-order valence-electron chi connectivity index (χ2n) is 18.7. The third-order valence-electron chi connectivity index (χ3n) is 13.4.